The van der Waals surface area contributed by atoms with E-state index in [1.807, 2.05) is 0 Å². The highest BCUT2D eigenvalue weighted by Crippen LogP contribution is 2.43. The number of fused-ring (bicyclic) bond motifs is 2. The van der Waals surface area contributed by atoms with Crippen molar-refractivity contribution in [3.63, 3.8) is 0 Å². The molecule has 2 atom stereocenters. The number of rotatable bonds is 4. The molecule has 2 aromatic rings. The van der Waals surface area contributed by atoms with Crippen LogP contribution in [-0.4, -0.2) is 68.9 Å². The summed E-state index contributed by atoms with van der Waals surface area (Å²) >= 11 is 1.32. The molecule has 2 fully saturated rings. The van der Waals surface area contributed by atoms with Gasteiger partial charge in [-0.2, -0.15) is 0 Å². The number of carboxylic acids is 1. The SMILES string of the molecule is CCCN1C[C@@H]2CN(C(=O)c3cnc4sccn4c3=O)C[C@]2(C(=O)O)C1. The molecule has 2 aliphatic rings. The van der Waals surface area contributed by atoms with Crippen molar-refractivity contribution in [3.8, 4) is 0 Å². The summed E-state index contributed by atoms with van der Waals surface area (Å²) in [5, 5.41) is 11.6. The maximum atomic E-state index is 12.9. The molecule has 2 aliphatic heterocycles. The third-order valence-corrected chi connectivity index (χ3v) is 6.28. The van der Waals surface area contributed by atoms with E-state index in [0.29, 0.717) is 24.6 Å². The molecule has 9 heteroatoms. The zero-order chi connectivity index (χ0) is 18.5. The zero-order valence-electron chi connectivity index (χ0n) is 14.4. The summed E-state index contributed by atoms with van der Waals surface area (Å²) in [6.07, 6.45) is 3.86. The lowest BCUT2D eigenvalue weighted by atomic mass is 9.81. The van der Waals surface area contributed by atoms with E-state index < -0.39 is 22.9 Å². The topological polar surface area (TPSA) is 95.2 Å². The first-order valence-electron chi connectivity index (χ1n) is 8.66. The summed E-state index contributed by atoms with van der Waals surface area (Å²) < 4.78 is 1.35. The van der Waals surface area contributed by atoms with Crippen LogP contribution in [0.2, 0.25) is 0 Å². The quantitative estimate of drug-likeness (QED) is 0.841. The van der Waals surface area contributed by atoms with Crippen LogP contribution in [0.25, 0.3) is 4.96 Å². The predicted octanol–water partition coefficient (Wildman–Crippen LogP) is 0.625. The lowest BCUT2D eigenvalue weighted by Gasteiger charge is -2.25. The van der Waals surface area contributed by atoms with Gasteiger partial charge in [-0.05, 0) is 13.0 Å². The number of amides is 1. The van der Waals surface area contributed by atoms with Crippen LogP contribution in [0.4, 0.5) is 0 Å². The second kappa shape index (κ2) is 6.17. The number of hydrogen-bond donors (Lipinski definition) is 1. The van der Waals surface area contributed by atoms with E-state index in [4.69, 9.17) is 0 Å². The van der Waals surface area contributed by atoms with Gasteiger partial charge in [0.25, 0.3) is 11.5 Å². The average molecular weight is 376 g/mol. The van der Waals surface area contributed by atoms with Gasteiger partial charge in [0.1, 0.15) is 11.0 Å². The van der Waals surface area contributed by atoms with Crippen molar-refractivity contribution in [2.45, 2.75) is 13.3 Å². The summed E-state index contributed by atoms with van der Waals surface area (Å²) in [7, 11) is 0. The molecule has 0 saturated carbocycles. The van der Waals surface area contributed by atoms with Crippen LogP contribution in [0.15, 0.2) is 22.6 Å². The van der Waals surface area contributed by atoms with Gasteiger partial charge in [-0.15, -0.1) is 11.3 Å². The number of likely N-dealkylation sites (tertiary alicyclic amines) is 2. The Balaban J connectivity index is 1.62. The largest absolute Gasteiger partial charge is 0.481 e. The van der Waals surface area contributed by atoms with Gasteiger partial charge in [-0.25, -0.2) is 4.98 Å². The van der Waals surface area contributed by atoms with E-state index in [2.05, 4.69) is 16.8 Å². The molecule has 4 heterocycles. The molecule has 0 radical (unpaired) electrons. The fraction of sp³-hybridized carbons (Fsp3) is 0.529. The summed E-state index contributed by atoms with van der Waals surface area (Å²) in [6.45, 7) is 4.54. The first-order chi connectivity index (χ1) is 12.5. The van der Waals surface area contributed by atoms with Crippen LogP contribution in [0.3, 0.4) is 0 Å². The van der Waals surface area contributed by atoms with Gasteiger partial charge in [0.15, 0.2) is 4.96 Å². The molecule has 1 N–H and O–H groups in total. The van der Waals surface area contributed by atoms with Gasteiger partial charge in [-0.1, -0.05) is 6.92 Å². The van der Waals surface area contributed by atoms with Crippen LogP contribution in [0.1, 0.15) is 23.7 Å². The minimum absolute atomic E-state index is 0.00757. The van der Waals surface area contributed by atoms with E-state index >= 15 is 0 Å². The fourth-order valence-corrected chi connectivity index (χ4v) is 4.93. The fourth-order valence-electron chi connectivity index (χ4n) is 4.25. The Morgan fingerprint density at radius 3 is 2.88 bits per heavy atom. The standard InChI is InChI=1S/C17H20N4O4S/c1-2-3-19-7-11-8-20(10-17(11,9-19)15(24)25)13(22)12-6-18-16-21(14(12)23)4-5-26-16/h4-6,11H,2-3,7-10H2,1H3,(H,24,25)/t11-,17-/m1/s1. The van der Waals surface area contributed by atoms with Crippen LogP contribution in [0.5, 0.6) is 0 Å². The van der Waals surface area contributed by atoms with E-state index in [-0.39, 0.29) is 18.0 Å². The van der Waals surface area contributed by atoms with Gasteiger partial charge < -0.3 is 14.9 Å². The van der Waals surface area contributed by atoms with Crippen LogP contribution in [0, 0.1) is 11.3 Å². The van der Waals surface area contributed by atoms with E-state index in [1.54, 1.807) is 11.6 Å². The summed E-state index contributed by atoms with van der Waals surface area (Å²) in [4.78, 5) is 45.8. The first kappa shape index (κ1) is 17.2. The molecule has 0 aliphatic carbocycles. The van der Waals surface area contributed by atoms with Crippen LogP contribution in [-0.2, 0) is 4.79 Å². The predicted molar refractivity (Wildman–Crippen MR) is 95.5 cm³/mol. The van der Waals surface area contributed by atoms with Gasteiger partial charge in [0.2, 0.25) is 0 Å². The van der Waals surface area contributed by atoms with Crippen molar-refractivity contribution >= 4 is 28.2 Å². The summed E-state index contributed by atoms with van der Waals surface area (Å²) in [5.41, 5.74) is -1.36. The molecule has 0 bridgehead atoms. The van der Waals surface area contributed by atoms with Crippen LogP contribution < -0.4 is 5.56 Å². The van der Waals surface area contributed by atoms with Crippen LogP contribution >= 0.6 is 11.3 Å². The highest BCUT2D eigenvalue weighted by Gasteiger charge is 2.58. The molecular weight excluding hydrogens is 356 g/mol. The van der Waals surface area contributed by atoms with Gasteiger partial charge in [-0.3, -0.25) is 18.8 Å². The van der Waals surface area contributed by atoms with Crippen molar-refractivity contribution in [1.29, 1.82) is 0 Å². The summed E-state index contributed by atoms with van der Waals surface area (Å²) in [5.74, 6) is -1.41. The van der Waals surface area contributed by atoms with E-state index in [1.165, 1.54) is 26.8 Å². The number of thiazole rings is 1. The Hall–Kier alpha value is -2.26. The molecule has 138 valence electrons. The maximum Gasteiger partial charge on any atom is 0.313 e. The van der Waals surface area contributed by atoms with Crippen molar-refractivity contribution in [2.75, 3.05) is 32.7 Å². The lowest BCUT2D eigenvalue weighted by molar-refractivity contribution is -0.148. The minimum atomic E-state index is -0.944. The van der Waals surface area contributed by atoms with Crippen molar-refractivity contribution in [2.24, 2.45) is 11.3 Å². The number of carbonyl (C=O) groups excluding carboxylic acids is 1. The second-order valence-corrected chi connectivity index (χ2v) is 7.98. The van der Waals surface area contributed by atoms with Gasteiger partial charge >= 0.3 is 5.97 Å². The maximum absolute atomic E-state index is 12.9. The number of carbonyl (C=O) groups is 2. The molecule has 26 heavy (non-hydrogen) atoms. The Morgan fingerprint density at radius 2 is 2.19 bits per heavy atom. The van der Waals surface area contributed by atoms with Crippen molar-refractivity contribution in [1.82, 2.24) is 19.2 Å². The number of nitrogens with zero attached hydrogens (tertiary/aromatic N) is 4. The minimum Gasteiger partial charge on any atom is -0.481 e. The van der Waals surface area contributed by atoms with Gasteiger partial charge in [0.05, 0.1) is 0 Å². The van der Waals surface area contributed by atoms with Crippen molar-refractivity contribution < 1.29 is 14.7 Å². The molecule has 0 unspecified atom stereocenters. The lowest BCUT2D eigenvalue weighted by Crippen LogP contribution is -2.43. The molecule has 0 spiro atoms. The molecule has 1 amide bonds. The molecule has 8 nitrogen and oxygen atoms in total. The molecule has 0 aromatic carbocycles. The highest BCUT2D eigenvalue weighted by atomic mass is 32.1. The van der Waals surface area contributed by atoms with E-state index in [0.717, 1.165) is 13.0 Å². The Bertz CT molecular complexity index is 938. The van der Waals surface area contributed by atoms with Crippen molar-refractivity contribution in [3.05, 3.63) is 33.7 Å². The second-order valence-electron chi connectivity index (χ2n) is 7.11. The number of aliphatic carboxylic acids is 1. The Morgan fingerprint density at radius 1 is 1.38 bits per heavy atom. The number of aromatic nitrogens is 2. The average Bonchev–Trinajstić information content (AvgIpc) is 3.27. The third kappa shape index (κ3) is 2.45. The monoisotopic (exact) mass is 376 g/mol. The third-order valence-electron chi connectivity index (χ3n) is 5.51. The first-order valence-corrected chi connectivity index (χ1v) is 9.54. The Labute approximate surface area is 153 Å². The Kier molecular flexibility index (Phi) is 4.07. The smallest absolute Gasteiger partial charge is 0.313 e. The zero-order valence-corrected chi connectivity index (χ0v) is 15.2. The van der Waals surface area contributed by atoms with E-state index in [9.17, 15) is 19.5 Å². The normalized spacial score (nSPS) is 25.7. The molecule has 2 saturated heterocycles. The number of carboxylic acid groups (broad SMARTS) is 1. The summed E-state index contributed by atoms with van der Waals surface area (Å²) in [6, 6.07) is 0. The highest BCUT2D eigenvalue weighted by molar-refractivity contribution is 7.15. The molecule has 4 rings (SSSR count). The molecular formula is C17H20N4O4S. The van der Waals surface area contributed by atoms with Gasteiger partial charge in [0, 0.05) is 49.9 Å². The number of hydrogen-bond acceptors (Lipinski definition) is 6. The molecule has 2 aromatic heterocycles.